The van der Waals surface area contributed by atoms with Gasteiger partial charge in [0.1, 0.15) is 11.8 Å². The molecule has 1 spiro atoms. The van der Waals surface area contributed by atoms with Crippen LogP contribution in [0.2, 0.25) is 0 Å². The number of ether oxygens (including phenoxy) is 1. The lowest BCUT2D eigenvalue weighted by atomic mass is 9.61. The Bertz CT molecular complexity index is 560. The fraction of sp³-hybridized carbons (Fsp3) is 0.500. The SMILES string of the molecule is COc1ccc(N2C(=O)C3(CCCCC3)C2C(=O)O)cc1. The normalized spacial score (nSPS) is 23.8. The first-order valence-corrected chi connectivity index (χ1v) is 7.31. The first kappa shape index (κ1) is 13.9. The summed E-state index contributed by atoms with van der Waals surface area (Å²) >= 11 is 0. The first-order valence-electron chi connectivity index (χ1n) is 7.31. The number of aliphatic carboxylic acids is 1. The number of amides is 1. The van der Waals surface area contributed by atoms with Crippen molar-refractivity contribution in [2.24, 2.45) is 5.41 Å². The Labute approximate surface area is 123 Å². The van der Waals surface area contributed by atoms with Crippen LogP contribution in [0.3, 0.4) is 0 Å². The molecule has 1 N–H and O–H groups in total. The molecule has 5 nitrogen and oxygen atoms in total. The minimum Gasteiger partial charge on any atom is -0.497 e. The number of anilines is 1. The molecule has 5 heteroatoms. The number of methoxy groups -OCH3 is 1. The van der Waals surface area contributed by atoms with Crippen molar-refractivity contribution in [3.8, 4) is 5.75 Å². The van der Waals surface area contributed by atoms with E-state index in [-0.39, 0.29) is 5.91 Å². The quantitative estimate of drug-likeness (QED) is 0.868. The van der Waals surface area contributed by atoms with Gasteiger partial charge in [-0.1, -0.05) is 19.3 Å². The molecule has 1 aromatic rings. The van der Waals surface area contributed by atoms with E-state index in [2.05, 4.69) is 0 Å². The number of benzene rings is 1. The Morgan fingerprint density at radius 1 is 1.24 bits per heavy atom. The number of β-lactam (4-membered cyclic amide) rings is 1. The summed E-state index contributed by atoms with van der Waals surface area (Å²) in [6.45, 7) is 0. The average Bonchev–Trinajstić information content (AvgIpc) is 2.52. The van der Waals surface area contributed by atoms with E-state index in [0.717, 1.165) is 19.3 Å². The Hall–Kier alpha value is -2.04. The third kappa shape index (κ3) is 1.99. The molecule has 1 saturated carbocycles. The van der Waals surface area contributed by atoms with E-state index < -0.39 is 17.4 Å². The predicted octanol–water partition coefficient (Wildman–Crippen LogP) is 2.45. The minimum absolute atomic E-state index is 0.0419. The van der Waals surface area contributed by atoms with E-state index in [4.69, 9.17) is 4.74 Å². The molecule has 1 amide bonds. The zero-order valence-electron chi connectivity index (χ0n) is 12.0. The molecule has 0 radical (unpaired) electrons. The Morgan fingerprint density at radius 2 is 1.86 bits per heavy atom. The van der Waals surface area contributed by atoms with Crippen molar-refractivity contribution in [1.82, 2.24) is 0 Å². The number of carbonyl (C=O) groups is 2. The highest BCUT2D eigenvalue weighted by atomic mass is 16.5. The lowest BCUT2D eigenvalue weighted by molar-refractivity contribution is -0.159. The van der Waals surface area contributed by atoms with Gasteiger partial charge in [0.05, 0.1) is 12.5 Å². The maximum Gasteiger partial charge on any atom is 0.327 e. The van der Waals surface area contributed by atoms with Gasteiger partial charge in [0.2, 0.25) is 5.91 Å². The van der Waals surface area contributed by atoms with Crippen molar-refractivity contribution in [2.45, 2.75) is 38.1 Å². The third-order valence-corrected chi connectivity index (χ3v) is 4.76. The number of rotatable bonds is 3. The summed E-state index contributed by atoms with van der Waals surface area (Å²) in [5.74, 6) is -0.266. The van der Waals surface area contributed by atoms with E-state index in [1.54, 1.807) is 31.4 Å². The van der Waals surface area contributed by atoms with Gasteiger partial charge in [-0.25, -0.2) is 4.79 Å². The number of nitrogens with zero attached hydrogens (tertiary/aromatic N) is 1. The van der Waals surface area contributed by atoms with Crippen molar-refractivity contribution in [2.75, 3.05) is 12.0 Å². The second kappa shape index (κ2) is 5.06. The van der Waals surface area contributed by atoms with E-state index in [1.165, 1.54) is 4.90 Å². The van der Waals surface area contributed by atoms with E-state index in [1.807, 2.05) is 0 Å². The molecule has 0 bridgehead atoms. The molecule has 1 aliphatic carbocycles. The smallest absolute Gasteiger partial charge is 0.327 e. The van der Waals surface area contributed by atoms with E-state index >= 15 is 0 Å². The summed E-state index contributed by atoms with van der Waals surface area (Å²) in [4.78, 5) is 25.8. The summed E-state index contributed by atoms with van der Waals surface area (Å²) in [5, 5.41) is 9.58. The standard InChI is InChI=1S/C16H19NO4/c1-21-12-7-5-11(6-8-12)17-13(14(18)19)16(15(17)20)9-3-2-4-10-16/h5-8,13H,2-4,9-10H2,1H3,(H,18,19). The van der Waals surface area contributed by atoms with Crippen LogP contribution in [-0.2, 0) is 9.59 Å². The van der Waals surface area contributed by atoms with Crippen LogP contribution in [0.4, 0.5) is 5.69 Å². The molecule has 1 unspecified atom stereocenters. The molecule has 1 aromatic carbocycles. The van der Waals surface area contributed by atoms with Crippen LogP contribution < -0.4 is 9.64 Å². The van der Waals surface area contributed by atoms with Crippen molar-refractivity contribution >= 4 is 17.6 Å². The first-order chi connectivity index (χ1) is 10.1. The van der Waals surface area contributed by atoms with Crippen molar-refractivity contribution in [3.63, 3.8) is 0 Å². The summed E-state index contributed by atoms with van der Waals surface area (Å²) in [5.41, 5.74) is -0.0475. The molecule has 1 atom stereocenters. The highest BCUT2D eigenvalue weighted by Crippen LogP contribution is 2.51. The molecular formula is C16H19NO4. The molecule has 1 saturated heterocycles. The molecule has 112 valence electrons. The zero-order valence-corrected chi connectivity index (χ0v) is 12.0. The number of hydrogen-bond donors (Lipinski definition) is 1. The monoisotopic (exact) mass is 289 g/mol. The molecule has 2 aliphatic rings. The maximum atomic E-state index is 12.6. The predicted molar refractivity (Wildman–Crippen MR) is 77.4 cm³/mol. The highest BCUT2D eigenvalue weighted by molar-refractivity contribution is 6.13. The molecule has 2 fully saturated rings. The van der Waals surface area contributed by atoms with Gasteiger partial charge < -0.3 is 9.84 Å². The van der Waals surface area contributed by atoms with Gasteiger partial charge in [0.25, 0.3) is 0 Å². The van der Waals surface area contributed by atoms with Crippen LogP contribution in [0.25, 0.3) is 0 Å². The minimum atomic E-state index is -0.910. The Morgan fingerprint density at radius 3 is 2.38 bits per heavy atom. The second-order valence-corrected chi connectivity index (χ2v) is 5.83. The van der Waals surface area contributed by atoms with Gasteiger partial charge in [0, 0.05) is 5.69 Å². The summed E-state index contributed by atoms with van der Waals surface area (Å²) in [7, 11) is 1.57. The van der Waals surface area contributed by atoms with Crippen molar-refractivity contribution in [1.29, 1.82) is 0 Å². The summed E-state index contributed by atoms with van der Waals surface area (Å²) in [6.07, 6.45) is 4.34. The lowest BCUT2D eigenvalue weighted by Gasteiger charge is -2.55. The molecule has 3 rings (SSSR count). The van der Waals surface area contributed by atoms with Gasteiger partial charge in [-0.15, -0.1) is 0 Å². The number of carbonyl (C=O) groups excluding carboxylic acids is 1. The molecule has 21 heavy (non-hydrogen) atoms. The van der Waals surface area contributed by atoms with Gasteiger partial charge >= 0.3 is 5.97 Å². The topological polar surface area (TPSA) is 66.8 Å². The van der Waals surface area contributed by atoms with Gasteiger partial charge in [-0.3, -0.25) is 9.69 Å². The van der Waals surface area contributed by atoms with Gasteiger partial charge in [-0.2, -0.15) is 0 Å². The number of carboxylic acids is 1. The van der Waals surface area contributed by atoms with Crippen LogP contribution in [0.1, 0.15) is 32.1 Å². The number of hydrogen-bond acceptors (Lipinski definition) is 3. The van der Waals surface area contributed by atoms with Crippen LogP contribution in [0, 0.1) is 5.41 Å². The van der Waals surface area contributed by atoms with Crippen LogP contribution in [-0.4, -0.2) is 30.1 Å². The van der Waals surface area contributed by atoms with Gasteiger partial charge in [0.15, 0.2) is 0 Å². The molecule has 1 aliphatic heterocycles. The van der Waals surface area contributed by atoms with Crippen molar-refractivity contribution < 1.29 is 19.4 Å². The third-order valence-electron chi connectivity index (χ3n) is 4.76. The van der Waals surface area contributed by atoms with E-state index in [0.29, 0.717) is 24.3 Å². The Balaban J connectivity index is 1.91. The zero-order chi connectivity index (χ0) is 15.0. The number of carboxylic acid groups (broad SMARTS) is 1. The molecule has 0 aromatic heterocycles. The second-order valence-electron chi connectivity index (χ2n) is 5.83. The fourth-order valence-corrected chi connectivity index (χ4v) is 3.68. The average molecular weight is 289 g/mol. The van der Waals surface area contributed by atoms with Crippen molar-refractivity contribution in [3.05, 3.63) is 24.3 Å². The van der Waals surface area contributed by atoms with Gasteiger partial charge in [-0.05, 0) is 37.1 Å². The molecular weight excluding hydrogens is 270 g/mol. The molecule has 1 heterocycles. The van der Waals surface area contributed by atoms with E-state index in [9.17, 15) is 14.7 Å². The lowest BCUT2D eigenvalue weighted by Crippen LogP contribution is -2.72. The largest absolute Gasteiger partial charge is 0.497 e. The maximum absolute atomic E-state index is 12.6. The van der Waals surface area contributed by atoms with Crippen LogP contribution in [0.15, 0.2) is 24.3 Å². The Kier molecular flexibility index (Phi) is 3.35. The fourth-order valence-electron chi connectivity index (χ4n) is 3.68. The summed E-state index contributed by atoms with van der Waals surface area (Å²) in [6, 6.07) is 6.23. The van der Waals surface area contributed by atoms with Crippen LogP contribution in [0.5, 0.6) is 5.75 Å². The van der Waals surface area contributed by atoms with Crippen LogP contribution >= 0.6 is 0 Å². The highest BCUT2D eigenvalue weighted by Gasteiger charge is 2.64. The summed E-state index contributed by atoms with van der Waals surface area (Å²) < 4.78 is 5.09.